The molecule has 4 aromatic rings. The number of nitrogens with one attached hydrogen (secondary N) is 1. The molecule has 0 aliphatic heterocycles. The van der Waals surface area contributed by atoms with E-state index in [-0.39, 0.29) is 12.0 Å². The molecule has 0 radical (unpaired) electrons. The van der Waals surface area contributed by atoms with E-state index < -0.39 is 24.0 Å². The number of anilines is 1. The van der Waals surface area contributed by atoms with Gasteiger partial charge in [0.25, 0.3) is 0 Å². The Labute approximate surface area is 207 Å². The van der Waals surface area contributed by atoms with Crippen molar-refractivity contribution >= 4 is 17.7 Å². The van der Waals surface area contributed by atoms with E-state index in [0.29, 0.717) is 29.1 Å². The number of carbonyl (C=O) groups is 2. The van der Waals surface area contributed by atoms with Crippen LogP contribution in [0, 0.1) is 12.7 Å². The molecule has 1 heterocycles. The van der Waals surface area contributed by atoms with Crippen LogP contribution >= 0.6 is 0 Å². The van der Waals surface area contributed by atoms with Crippen molar-refractivity contribution in [2.24, 2.45) is 0 Å². The molecule has 7 nitrogen and oxygen atoms in total. The second-order valence-electron chi connectivity index (χ2n) is 8.43. The molecule has 184 valence electrons. The third-order valence-electron chi connectivity index (χ3n) is 5.69. The summed E-state index contributed by atoms with van der Waals surface area (Å²) >= 11 is 0. The van der Waals surface area contributed by atoms with Gasteiger partial charge in [-0.25, -0.2) is 9.18 Å². The van der Waals surface area contributed by atoms with Gasteiger partial charge in [-0.2, -0.15) is 0 Å². The highest BCUT2D eigenvalue weighted by molar-refractivity contribution is 5.90. The fourth-order valence-corrected chi connectivity index (χ4v) is 3.91. The van der Waals surface area contributed by atoms with Crippen molar-refractivity contribution in [2.75, 3.05) is 5.32 Å². The second kappa shape index (κ2) is 10.9. The van der Waals surface area contributed by atoms with E-state index in [1.165, 1.54) is 6.07 Å². The summed E-state index contributed by atoms with van der Waals surface area (Å²) in [6.07, 6.45) is -0.928. The summed E-state index contributed by atoms with van der Waals surface area (Å²) in [4.78, 5) is 23.5. The molecule has 1 amide bonds. The number of carboxylic acid groups (broad SMARTS) is 1. The van der Waals surface area contributed by atoms with E-state index in [1.54, 1.807) is 38.1 Å². The lowest BCUT2D eigenvalue weighted by molar-refractivity contribution is -0.136. The molecule has 0 saturated heterocycles. The highest BCUT2D eigenvalue weighted by Gasteiger charge is 2.21. The lowest BCUT2D eigenvalue weighted by atomic mass is 10.00. The highest BCUT2D eigenvalue weighted by atomic mass is 19.1. The number of halogens is 1. The van der Waals surface area contributed by atoms with Crippen molar-refractivity contribution in [2.45, 2.75) is 32.8 Å². The number of aromatic nitrogens is 1. The molecule has 2 N–H and O–H groups in total. The number of aryl methyl sites for hydroxylation is 1. The number of ether oxygens (including phenoxy) is 1. The molecule has 0 saturated carbocycles. The zero-order chi connectivity index (χ0) is 25.7. The third-order valence-corrected chi connectivity index (χ3v) is 5.69. The number of carboxylic acids is 1. The van der Waals surface area contributed by atoms with Gasteiger partial charge in [0, 0.05) is 11.1 Å². The number of nitrogens with zero attached hydrogens (tertiary/aromatic N) is 1. The van der Waals surface area contributed by atoms with Gasteiger partial charge >= 0.3 is 12.1 Å². The van der Waals surface area contributed by atoms with Crippen molar-refractivity contribution < 1.29 is 28.3 Å². The Kier molecular flexibility index (Phi) is 7.44. The maximum atomic E-state index is 14.0. The zero-order valence-electron chi connectivity index (χ0n) is 19.8. The van der Waals surface area contributed by atoms with Crippen LogP contribution in [0.15, 0.2) is 77.3 Å². The molecular formula is C28H25FN2O5. The van der Waals surface area contributed by atoms with Gasteiger partial charge in [0.05, 0.1) is 6.42 Å². The van der Waals surface area contributed by atoms with E-state index in [9.17, 15) is 14.0 Å². The minimum Gasteiger partial charge on any atom is -0.481 e. The van der Waals surface area contributed by atoms with Gasteiger partial charge in [-0.05, 0) is 43.0 Å². The van der Waals surface area contributed by atoms with Crippen molar-refractivity contribution in [3.05, 3.63) is 107 Å². The summed E-state index contributed by atoms with van der Waals surface area (Å²) in [6, 6.07) is 21.2. The monoisotopic (exact) mass is 488 g/mol. The van der Waals surface area contributed by atoms with Gasteiger partial charge in [-0.1, -0.05) is 71.9 Å². The summed E-state index contributed by atoms with van der Waals surface area (Å²) in [5.74, 6) is -0.944. The SMILES string of the molecule is Cc1noc(-c2ccc(Cc3cccc(CC(=O)O)c3)cc2)c1NC(=O)O[C@H](C)c1ccccc1F. The fourth-order valence-electron chi connectivity index (χ4n) is 3.91. The Morgan fingerprint density at radius 3 is 2.47 bits per heavy atom. The van der Waals surface area contributed by atoms with Crippen molar-refractivity contribution in [3.63, 3.8) is 0 Å². The zero-order valence-corrected chi connectivity index (χ0v) is 19.8. The van der Waals surface area contributed by atoms with Gasteiger partial charge in [-0.15, -0.1) is 0 Å². The van der Waals surface area contributed by atoms with Crippen LogP contribution in [0.3, 0.4) is 0 Å². The lowest BCUT2D eigenvalue weighted by Crippen LogP contribution is -2.17. The van der Waals surface area contributed by atoms with Crippen molar-refractivity contribution in [3.8, 4) is 11.3 Å². The van der Waals surface area contributed by atoms with Crippen LogP contribution in [-0.4, -0.2) is 22.3 Å². The molecule has 36 heavy (non-hydrogen) atoms. The van der Waals surface area contributed by atoms with E-state index in [2.05, 4.69) is 10.5 Å². The van der Waals surface area contributed by atoms with Crippen molar-refractivity contribution in [1.29, 1.82) is 0 Å². The van der Waals surface area contributed by atoms with Gasteiger partial charge in [0.15, 0.2) is 5.76 Å². The Balaban J connectivity index is 1.45. The van der Waals surface area contributed by atoms with Crippen LogP contribution in [0.2, 0.25) is 0 Å². The molecule has 0 spiro atoms. The summed E-state index contributed by atoms with van der Waals surface area (Å²) < 4.78 is 24.8. The largest absolute Gasteiger partial charge is 0.481 e. The lowest BCUT2D eigenvalue weighted by Gasteiger charge is -2.15. The van der Waals surface area contributed by atoms with Crippen LogP contribution in [0.5, 0.6) is 0 Å². The van der Waals surface area contributed by atoms with Crippen LogP contribution in [0.4, 0.5) is 14.9 Å². The van der Waals surface area contributed by atoms with E-state index in [4.69, 9.17) is 14.4 Å². The Morgan fingerprint density at radius 1 is 1.03 bits per heavy atom. The first-order valence-electron chi connectivity index (χ1n) is 11.4. The van der Waals surface area contributed by atoms with Gasteiger partial charge in [0.2, 0.25) is 0 Å². The molecule has 4 rings (SSSR count). The number of amides is 1. The van der Waals surface area contributed by atoms with E-state index >= 15 is 0 Å². The fraction of sp³-hybridized carbons (Fsp3) is 0.179. The first kappa shape index (κ1) is 24.7. The quantitative estimate of drug-likeness (QED) is 0.301. The first-order valence-corrected chi connectivity index (χ1v) is 11.4. The number of benzene rings is 3. The first-order chi connectivity index (χ1) is 17.3. The van der Waals surface area contributed by atoms with Crippen molar-refractivity contribution in [1.82, 2.24) is 5.16 Å². The number of carbonyl (C=O) groups excluding carboxylic acids is 1. The Morgan fingerprint density at radius 2 is 1.75 bits per heavy atom. The van der Waals surface area contributed by atoms with Crippen LogP contribution in [0.25, 0.3) is 11.3 Å². The van der Waals surface area contributed by atoms with Gasteiger partial charge in [0.1, 0.15) is 23.3 Å². The standard InChI is InChI=1S/C28H25FN2O5/c1-17-26(30-28(34)35-18(2)23-8-3-4-9-24(23)29)27(36-31-17)22-12-10-19(11-13-22)14-20-6-5-7-21(15-20)16-25(32)33/h3-13,15,18H,14,16H2,1-2H3,(H,30,34)(H,32,33)/t18-/m1/s1. The maximum absolute atomic E-state index is 14.0. The molecule has 0 unspecified atom stereocenters. The minimum atomic E-state index is -0.867. The van der Waals surface area contributed by atoms with Crippen LogP contribution in [-0.2, 0) is 22.4 Å². The van der Waals surface area contributed by atoms with Gasteiger partial charge in [-0.3, -0.25) is 10.1 Å². The normalized spacial score (nSPS) is 11.6. The molecule has 0 aliphatic carbocycles. The average molecular weight is 489 g/mol. The topological polar surface area (TPSA) is 102 Å². The predicted octanol–water partition coefficient (Wildman–Crippen LogP) is 6.32. The molecule has 0 fully saturated rings. The number of aliphatic carboxylic acids is 1. The van der Waals surface area contributed by atoms with Crippen LogP contribution < -0.4 is 5.32 Å². The Bertz CT molecular complexity index is 1380. The van der Waals surface area contributed by atoms with Crippen LogP contribution in [0.1, 0.15) is 41.0 Å². The number of hydrogen-bond donors (Lipinski definition) is 2. The smallest absolute Gasteiger partial charge is 0.412 e. The molecule has 3 aromatic carbocycles. The summed E-state index contributed by atoms with van der Waals surface area (Å²) in [5, 5.41) is 15.6. The summed E-state index contributed by atoms with van der Waals surface area (Å²) in [6.45, 7) is 3.29. The third kappa shape index (κ3) is 5.96. The van der Waals surface area contributed by atoms with E-state index in [0.717, 1.165) is 16.7 Å². The molecular weight excluding hydrogens is 463 g/mol. The molecule has 0 bridgehead atoms. The average Bonchev–Trinajstić information content (AvgIpc) is 3.19. The van der Waals surface area contributed by atoms with Gasteiger partial charge < -0.3 is 14.4 Å². The highest BCUT2D eigenvalue weighted by Crippen LogP contribution is 2.32. The van der Waals surface area contributed by atoms with E-state index in [1.807, 2.05) is 42.5 Å². The second-order valence-corrected chi connectivity index (χ2v) is 8.43. The predicted molar refractivity (Wildman–Crippen MR) is 132 cm³/mol. The molecule has 1 atom stereocenters. The number of rotatable bonds is 8. The summed E-state index contributed by atoms with van der Waals surface area (Å²) in [5.41, 5.74) is 4.60. The summed E-state index contributed by atoms with van der Waals surface area (Å²) in [7, 11) is 0. The molecule has 1 aromatic heterocycles. The minimum absolute atomic E-state index is 0.0189. The number of hydrogen-bond acceptors (Lipinski definition) is 5. The molecule has 8 heteroatoms. The maximum Gasteiger partial charge on any atom is 0.412 e. The molecule has 0 aliphatic rings. The Hall–Kier alpha value is -4.46.